The standard InChI is InChI=1S/C12H17N3O3S/c1-7-3-4-13-6-9(7)14-12(16)11-5-10(15(17)18)8(2)19-11/h5,7,9,13H,3-4,6H2,1-2H3,(H,14,16). The van der Waals surface area contributed by atoms with Gasteiger partial charge >= 0.3 is 0 Å². The first kappa shape index (κ1) is 14.0. The van der Waals surface area contributed by atoms with Crippen LogP contribution in [0.15, 0.2) is 6.07 Å². The van der Waals surface area contributed by atoms with Crippen molar-refractivity contribution in [2.45, 2.75) is 26.3 Å². The molecule has 0 saturated carbocycles. The van der Waals surface area contributed by atoms with E-state index < -0.39 is 4.92 Å². The highest BCUT2D eigenvalue weighted by molar-refractivity contribution is 7.14. The Hall–Kier alpha value is -1.47. The van der Waals surface area contributed by atoms with Crippen molar-refractivity contribution in [2.75, 3.05) is 13.1 Å². The van der Waals surface area contributed by atoms with Crippen LogP contribution in [0.3, 0.4) is 0 Å². The van der Waals surface area contributed by atoms with Crippen LogP contribution in [0.25, 0.3) is 0 Å². The highest BCUT2D eigenvalue weighted by atomic mass is 32.1. The third-order valence-electron chi connectivity index (χ3n) is 3.46. The molecule has 1 aromatic heterocycles. The van der Waals surface area contributed by atoms with E-state index in [1.807, 2.05) is 0 Å². The summed E-state index contributed by atoms with van der Waals surface area (Å²) in [7, 11) is 0. The second-order valence-electron chi connectivity index (χ2n) is 4.86. The van der Waals surface area contributed by atoms with Crippen LogP contribution in [0.5, 0.6) is 0 Å². The van der Waals surface area contributed by atoms with Gasteiger partial charge in [-0.1, -0.05) is 6.92 Å². The van der Waals surface area contributed by atoms with Crippen LogP contribution in [0.1, 0.15) is 27.9 Å². The van der Waals surface area contributed by atoms with Gasteiger partial charge < -0.3 is 10.6 Å². The third-order valence-corrected chi connectivity index (χ3v) is 4.49. The number of carbonyl (C=O) groups is 1. The summed E-state index contributed by atoms with van der Waals surface area (Å²) in [4.78, 5) is 23.4. The molecule has 6 nitrogen and oxygen atoms in total. The Kier molecular flexibility index (Phi) is 4.16. The highest BCUT2D eigenvalue weighted by Crippen LogP contribution is 2.28. The molecule has 0 radical (unpaired) electrons. The Morgan fingerprint density at radius 1 is 1.63 bits per heavy atom. The lowest BCUT2D eigenvalue weighted by Crippen LogP contribution is -2.50. The SMILES string of the molecule is Cc1sc(C(=O)NC2CNCCC2C)cc1[N+](=O)[O-]. The van der Waals surface area contributed by atoms with E-state index in [0.29, 0.717) is 15.7 Å². The van der Waals surface area contributed by atoms with Gasteiger partial charge in [-0.05, 0) is 25.8 Å². The molecule has 0 bridgehead atoms. The predicted molar refractivity (Wildman–Crippen MR) is 73.6 cm³/mol. The minimum atomic E-state index is -0.451. The molecular formula is C12H17N3O3S. The van der Waals surface area contributed by atoms with Crippen molar-refractivity contribution >= 4 is 22.9 Å². The molecule has 0 aromatic carbocycles. The molecule has 2 atom stereocenters. The van der Waals surface area contributed by atoms with Gasteiger partial charge in [0.15, 0.2) is 0 Å². The van der Waals surface area contributed by atoms with Crippen molar-refractivity contribution in [3.05, 3.63) is 25.9 Å². The molecule has 1 aliphatic rings. The molecule has 1 saturated heterocycles. The number of piperidine rings is 1. The second-order valence-corrected chi connectivity index (χ2v) is 6.12. The number of amides is 1. The summed E-state index contributed by atoms with van der Waals surface area (Å²) in [5, 5.41) is 17.0. The van der Waals surface area contributed by atoms with Crippen LogP contribution in [-0.2, 0) is 0 Å². The van der Waals surface area contributed by atoms with Crippen molar-refractivity contribution in [1.82, 2.24) is 10.6 Å². The molecule has 19 heavy (non-hydrogen) atoms. The first-order valence-electron chi connectivity index (χ1n) is 6.25. The van der Waals surface area contributed by atoms with E-state index in [1.165, 1.54) is 17.4 Å². The zero-order valence-electron chi connectivity index (χ0n) is 10.9. The summed E-state index contributed by atoms with van der Waals surface area (Å²) in [5.74, 6) is 0.197. The summed E-state index contributed by atoms with van der Waals surface area (Å²) in [6, 6.07) is 1.44. The van der Waals surface area contributed by atoms with Crippen molar-refractivity contribution in [1.29, 1.82) is 0 Å². The molecule has 1 amide bonds. The van der Waals surface area contributed by atoms with Gasteiger partial charge in [0.1, 0.15) is 0 Å². The number of carbonyl (C=O) groups excluding carboxylic acids is 1. The number of hydrogen-bond acceptors (Lipinski definition) is 5. The second kappa shape index (κ2) is 5.66. The maximum Gasteiger partial charge on any atom is 0.283 e. The molecule has 2 rings (SSSR count). The number of nitrogens with zero attached hydrogens (tertiary/aromatic N) is 1. The van der Waals surface area contributed by atoms with Crippen LogP contribution >= 0.6 is 11.3 Å². The lowest BCUT2D eigenvalue weighted by Gasteiger charge is -2.30. The average molecular weight is 283 g/mol. The number of nitro groups is 1. The predicted octanol–water partition coefficient (Wildman–Crippen LogP) is 1.69. The van der Waals surface area contributed by atoms with Crippen LogP contribution in [-0.4, -0.2) is 30.0 Å². The Morgan fingerprint density at radius 3 is 2.95 bits per heavy atom. The van der Waals surface area contributed by atoms with Crippen LogP contribution < -0.4 is 10.6 Å². The monoisotopic (exact) mass is 283 g/mol. The van der Waals surface area contributed by atoms with E-state index in [4.69, 9.17) is 0 Å². The van der Waals surface area contributed by atoms with Crippen molar-refractivity contribution in [3.63, 3.8) is 0 Å². The number of aryl methyl sites for hydroxylation is 1. The number of nitrogens with one attached hydrogen (secondary N) is 2. The quantitative estimate of drug-likeness (QED) is 0.653. The Labute approximate surface area is 115 Å². The lowest BCUT2D eigenvalue weighted by molar-refractivity contribution is -0.385. The summed E-state index contributed by atoms with van der Waals surface area (Å²) in [5.41, 5.74) is 0.0185. The largest absolute Gasteiger partial charge is 0.347 e. The van der Waals surface area contributed by atoms with Crippen LogP contribution in [0.4, 0.5) is 5.69 Å². The fourth-order valence-electron chi connectivity index (χ4n) is 2.19. The van der Waals surface area contributed by atoms with Gasteiger partial charge in [-0.2, -0.15) is 0 Å². The summed E-state index contributed by atoms with van der Waals surface area (Å²) in [6.07, 6.45) is 1.02. The molecular weight excluding hydrogens is 266 g/mol. The molecule has 2 unspecified atom stereocenters. The molecule has 1 aliphatic heterocycles. The van der Waals surface area contributed by atoms with Gasteiger partial charge in [-0.15, -0.1) is 11.3 Å². The lowest BCUT2D eigenvalue weighted by atomic mass is 9.95. The fourth-order valence-corrected chi connectivity index (χ4v) is 3.08. The van der Waals surface area contributed by atoms with Crippen LogP contribution in [0.2, 0.25) is 0 Å². The topological polar surface area (TPSA) is 84.3 Å². The van der Waals surface area contributed by atoms with Gasteiger partial charge in [-0.3, -0.25) is 14.9 Å². The van der Waals surface area contributed by atoms with Gasteiger partial charge in [0.05, 0.1) is 14.7 Å². The maximum absolute atomic E-state index is 12.1. The Balaban J connectivity index is 2.07. The Bertz CT molecular complexity index is 500. The summed E-state index contributed by atoms with van der Waals surface area (Å²) < 4.78 is 0. The zero-order valence-corrected chi connectivity index (χ0v) is 11.8. The fraction of sp³-hybridized carbons (Fsp3) is 0.583. The normalized spacial score (nSPS) is 23.1. The van der Waals surface area contributed by atoms with Gasteiger partial charge in [-0.25, -0.2) is 0 Å². The van der Waals surface area contributed by atoms with E-state index in [1.54, 1.807) is 6.92 Å². The van der Waals surface area contributed by atoms with Crippen molar-refractivity contribution in [2.24, 2.45) is 5.92 Å². The van der Waals surface area contributed by atoms with E-state index in [0.717, 1.165) is 19.5 Å². The first-order valence-corrected chi connectivity index (χ1v) is 7.07. The summed E-state index contributed by atoms with van der Waals surface area (Å²) >= 11 is 1.17. The van der Waals surface area contributed by atoms with Crippen LogP contribution in [0, 0.1) is 23.0 Å². The number of thiophene rings is 1. The van der Waals surface area contributed by atoms with Gasteiger partial charge in [0, 0.05) is 18.7 Å². The van der Waals surface area contributed by atoms with Crippen molar-refractivity contribution in [3.8, 4) is 0 Å². The smallest absolute Gasteiger partial charge is 0.283 e. The van der Waals surface area contributed by atoms with Gasteiger partial charge in [0.25, 0.3) is 11.6 Å². The number of rotatable bonds is 3. The molecule has 2 heterocycles. The molecule has 1 aromatic rings. The zero-order chi connectivity index (χ0) is 14.0. The molecule has 1 fully saturated rings. The first-order chi connectivity index (χ1) is 8.99. The maximum atomic E-state index is 12.1. The number of hydrogen-bond donors (Lipinski definition) is 2. The minimum absolute atomic E-state index is 0.0185. The minimum Gasteiger partial charge on any atom is -0.347 e. The van der Waals surface area contributed by atoms with E-state index in [2.05, 4.69) is 17.6 Å². The van der Waals surface area contributed by atoms with E-state index in [-0.39, 0.29) is 17.6 Å². The molecule has 0 spiro atoms. The molecule has 7 heteroatoms. The van der Waals surface area contributed by atoms with E-state index in [9.17, 15) is 14.9 Å². The highest BCUT2D eigenvalue weighted by Gasteiger charge is 2.25. The average Bonchev–Trinajstić information content (AvgIpc) is 2.74. The molecule has 104 valence electrons. The van der Waals surface area contributed by atoms with Gasteiger partial charge in [0.2, 0.25) is 0 Å². The van der Waals surface area contributed by atoms with Crippen molar-refractivity contribution < 1.29 is 9.72 Å². The summed E-state index contributed by atoms with van der Waals surface area (Å²) in [6.45, 7) is 5.48. The third kappa shape index (κ3) is 3.10. The molecule has 0 aliphatic carbocycles. The van der Waals surface area contributed by atoms with E-state index >= 15 is 0 Å². The molecule has 2 N–H and O–H groups in total. The Morgan fingerprint density at radius 2 is 2.37 bits per heavy atom.